The predicted octanol–water partition coefficient (Wildman–Crippen LogP) is 0.364. The fourth-order valence-electron chi connectivity index (χ4n) is 0.908. The van der Waals surface area contributed by atoms with Crippen molar-refractivity contribution in [1.29, 1.82) is 0 Å². The van der Waals surface area contributed by atoms with Crippen LogP contribution in [0, 0.1) is 0 Å². The lowest BCUT2D eigenvalue weighted by molar-refractivity contribution is -0.137. The molecule has 0 fully saturated rings. The van der Waals surface area contributed by atoms with Gasteiger partial charge in [-0.2, -0.15) is 0 Å². The van der Waals surface area contributed by atoms with E-state index in [1.165, 1.54) is 14.2 Å². The minimum absolute atomic E-state index is 0.440. The fraction of sp³-hybridized carbons (Fsp3) is 0.833. The Morgan fingerprint density at radius 3 is 2.09 bits per heavy atom. The van der Waals surface area contributed by atoms with E-state index in [1.807, 2.05) is 6.92 Å². The average molecular weight is 178 g/mol. The Labute approximate surface area is 68.0 Å². The van der Waals surface area contributed by atoms with Gasteiger partial charge in [0.15, 0.2) is 0 Å². The van der Waals surface area contributed by atoms with Crippen molar-refractivity contribution in [3.63, 3.8) is 0 Å². The largest absolute Gasteiger partial charge is 0.481 e. The zero-order chi connectivity index (χ0) is 8.85. The molecule has 0 rings (SSSR count). The van der Waals surface area contributed by atoms with Gasteiger partial charge in [-0.1, -0.05) is 6.92 Å². The van der Waals surface area contributed by atoms with Crippen molar-refractivity contribution in [3.8, 4) is 0 Å². The summed E-state index contributed by atoms with van der Waals surface area (Å²) in [6.45, 7) is 1.82. The molecule has 11 heavy (non-hydrogen) atoms. The number of aliphatic carboxylic acids is 1. The van der Waals surface area contributed by atoms with Gasteiger partial charge in [0.1, 0.15) is 0 Å². The molecular weight excluding hydrogens is 164 g/mol. The maximum atomic E-state index is 10.6. The van der Waals surface area contributed by atoms with Crippen LogP contribution in [-0.4, -0.2) is 34.6 Å². The number of carbonyl (C=O) groups is 1. The van der Waals surface area contributed by atoms with Crippen molar-refractivity contribution in [2.24, 2.45) is 0 Å². The molecule has 0 aliphatic carbocycles. The lowest BCUT2D eigenvalue weighted by Crippen LogP contribution is -2.31. The molecule has 0 amide bonds. The molecule has 0 aromatic carbocycles. The first kappa shape index (κ1) is 10.6. The van der Waals surface area contributed by atoms with Crippen molar-refractivity contribution >= 4 is 15.3 Å². The molecule has 0 aromatic heterocycles. The predicted molar refractivity (Wildman–Crippen MR) is 42.8 cm³/mol. The molecule has 0 saturated heterocycles. The second kappa shape index (κ2) is 5.28. The molecule has 0 aliphatic heterocycles. The zero-order valence-corrected chi connectivity index (χ0v) is 8.19. The Hall–Kier alpha value is -0.393. The van der Waals surface area contributed by atoms with Gasteiger partial charge in [0.05, 0.1) is 5.54 Å². The zero-order valence-electron chi connectivity index (χ0n) is 7.03. The lowest BCUT2D eigenvalue weighted by atomic mass is 10.3. The minimum atomic E-state index is -1.96. The summed E-state index contributed by atoms with van der Waals surface area (Å²) in [4.78, 5) is 10.6. The molecule has 0 spiro atoms. The molecule has 0 aromatic rings. The van der Waals surface area contributed by atoms with Gasteiger partial charge in [-0.15, -0.1) is 0 Å². The third-order valence-corrected chi connectivity index (χ3v) is 3.89. The van der Waals surface area contributed by atoms with E-state index in [-0.39, 0.29) is 0 Å². The molecule has 0 saturated carbocycles. The van der Waals surface area contributed by atoms with E-state index >= 15 is 0 Å². The first-order chi connectivity index (χ1) is 5.17. The highest BCUT2D eigenvalue weighted by Crippen LogP contribution is 2.15. The molecule has 1 atom stereocenters. The van der Waals surface area contributed by atoms with Crippen LogP contribution in [0.3, 0.4) is 0 Å². The number of rotatable bonds is 5. The van der Waals surface area contributed by atoms with Gasteiger partial charge in [-0.05, 0) is 6.42 Å². The van der Waals surface area contributed by atoms with Crippen LogP contribution in [0.2, 0.25) is 5.54 Å². The normalized spacial score (nSPS) is 13.5. The first-order valence-electron chi connectivity index (χ1n) is 3.45. The highest BCUT2D eigenvalue weighted by atomic mass is 28.3. The van der Waals surface area contributed by atoms with Crippen LogP contribution < -0.4 is 0 Å². The second-order valence-electron chi connectivity index (χ2n) is 2.19. The number of hydrogen-bond acceptors (Lipinski definition) is 3. The second-order valence-corrected chi connectivity index (χ2v) is 4.68. The van der Waals surface area contributed by atoms with Gasteiger partial charge < -0.3 is 14.0 Å². The van der Waals surface area contributed by atoms with Crippen LogP contribution in [0.5, 0.6) is 0 Å². The van der Waals surface area contributed by atoms with Crippen LogP contribution >= 0.6 is 0 Å². The van der Waals surface area contributed by atoms with Gasteiger partial charge >= 0.3 is 15.3 Å². The molecule has 0 radical (unpaired) electrons. The van der Waals surface area contributed by atoms with E-state index in [9.17, 15) is 4.79 Å². The average Bonchev–Trinajstić information content (AvgIpc) is 1.99. The third kappa shape index (κ3) is 3.00. The standard InChI is InChI=1S/C6H14O4Si/c1-4-5(6(7)8)11(9-2)10-3/h5,11H,4H2,1-3H3,(H,7,8). The Balaban J connectivity index is 4.09. The molecular formula is C6H14O4Si. The van der Waals surface area contributed by atoms with Gasteiger partial charge in [0.2, 0.25) is 0 Å². The smallest absolute Gasteiger partial charge is 0.335 e. The summed E-state index contributed by atoms with van der Waals surface area (Å²) in [5.74, 6) is -0.826. The van der Waals surface area contributed by atoms with E-state index in [2.05, 4.69) is 0 Å². The number of hydrogen-bond donors (Lipinski definition) is 1. The molecule has 4 nitrogen and oxygen atoms in total. The van der Waals surface area contributed by atoms with Crippen molar-refractivity contribution in [2.75, 3.05) is 14.2 Å². The van der Waals surface area contributed by atoms with Crippen LogP contribution in [0.1, 0.15) is 13.3 Å². The topological polar surface area (TPSA) is 55.8 Å². The Morgan fingerprint density at radius 1 is 1.55 bits per heavy atom. The van der Waals surface area contributed by atoms with Gasteiger partial charge in [0.25, 0.3) is 0 Å². The maximum absolute atomic E-state index is 10.6. The summed E-state index contributed by atoms with van der Waals surface area (Å²) in [6, 6.07) is 0. The summed E-state index contributed by atoms with van der Waals surface area (Å²) in [5.41, 5.74) is -0.440. The summed E-state index contributed by atoms with van der Waals surface area (Å²) in [6.07, 6.45) is 0.563. The Morgan fingerprint density at radius 2 is 2.00 bits per heavy atom. The molecule has 0 heterocycles. The van der Waals surface area contributed by atoms with Crippen LogP contribution in [0.15, 0.2) is 0 Å². The van der Waals surface area contributed by atoms with E-state index < -0.39 is 20.8 Å². The van der Waals surface area contributed by atoms with Crippen molar-refractivity contribution in [2.45, 2.75) is 18.9 Å². The first-order valence-corrected chi connectivity index (χ1v) is 5.06. The quantitative estimate of drug-likeness (QED) is 0.618. The van der Waals surface area contributed by atoms with Gasteiger partial charge in [-0.25, -0.2) is 0 Å². The van der Waals surface area contributed by atoms with Gasteiger partial charge in [0, 0.05) is 14.2 Å². The summed E-state index contributed by atoms with van der Waals surface area (Å²) in [7, 11) is 1.02. The Kier molecular flexibility index (Phi) is 5.09. The van der Waals surface area contributed by atoms with E-state index in [4.69, 9.17) is 14.0 Å². The Bertz CT molecular complexity index is 124. The lowest BCUT2D eigenvalue weighted by Gasteiger charge is -2.16. The maximum Gasteiger partial charge on any atom is 0.335 e. The summed E-state index contributed by atoms with van der Waals surface area (Å²) in [5, 5.41) is 8.68. The van der Waals surface area contributed by atoms with Crippen molar-refractivity contribution in [3.05, 3.63) is 0 Å². The van der Waals surface area contributed by atoms with Crippen LogP contribution in [0.25, 0.3) is 0 Å². The van der Waals surface area contributed by atoms with Crippen LogP contribution in [0.4, 0.5) is 0 Å². The summed E-state index contributed by atoms with van der Waals surface area (Å²) < 4.78 is 9.90. The highest BCUT2D eigenvalue weighted by molar-refractivity contribution is 6.51. The molecule has 1 unspecified atom stereocenters. The third-order valence-electron chi connectivity index (χ3n) is 1.55. The molecule has 5 heteroatoms. The summed E-state index contributed by atoms with van der Waals surface area (Å²) >= 11 is 0. The van der Waals surface area contributed by atoms with Gasteiger partial charge in [-0.3, -0.25) is 4.79 Å². The van der Waals surface area contributed by atoms with E-state index in [0.717, 1.165) is 0 Å². The van der Waals surface area contributed by atoms with Crippen molar-refractivity contribution in [1.82, 2.24) is 0 Å². The molecule has 1 N–H and O–H groups in total. The monoisotopic (exact) mass is 178 g/mol. The SMILES string of the molecule is CCC(C(=O)O)[SiH](OC)OC. The molecule has 0 aliphatic rings. The van der Waals surface area contributed by atoms with Crippen LogP contribution in [-0.2, 0) is 13.6 Å². The highest BCUT2D eigenvalue weighted by Gasteiger charge is 2.29. The van der Waals surface area contributed by atoms with E-state index in [1.54, 1.807) is 0 Å². The minimum Gasteiger partial charge on any atom is -0.481 e. The fourth-order valence-corrected chi connectivity index (χ4v) is 2.38. The van der Waals surface area contributed by atoms with Crippen molar-refractivity contribution < 1.29 is 18.8 Å². The molecule has 66 valence electrons. The number of carboxylic acids is 1. The van der Waals surface area contributed by atoms with E-state index in [0.29, 0.717) is 6.42 Å². The number of carboxylic acid groups (broad SMARTS) is 1. The molecule has 0 bridgehead atoms.